The summed E-state index contributed by atoms with van der Waals surface area (Å²) < 4.78 is 4.63. The smallest absolute Gasteiger partial charge is 0.138 e. The molecule has 0 radical (unpaired) electrons. The number of rotatable bonds is 6. The monoisotopic (exact) mass is 288 g/mol. The van der Waals surface area contributed by atoms with E-state index in [1.165, 1.54) is 30.8 Å². The Balaban J connectivity index is 1.88. The van der Waals surface area contributed by atoms with E-state index in [4.69, 9.17) is 11.6 Å². The van der Waals surface area contributed by atoms with Gasteiger partial charge in [-0.2, -0.15) is 0 Å². The lowest BCUT2D eigenvalue weighted by Gasteiger charge is -2.30. The lowest BCUT2D eigenvalue weighted by molar-refractivity contribution is 0.215. The highest BCUT2D eigenvalue weighted by Crippen LogP contribution is 2.19. The molecule has 2 rings (SSSR count). The molecule has 1 N–H and O–H groups in total. The number of aromatic nitrogens is 2. The molecule has 0 aromatic carbocycles. The summed E-state index contributed by atoms with van der Waals surface area (Å²) >= 11 is 7.35. The van der Waals surface area contributed by atoms with Gasteiger partial charge >= 0.3 is 0 Å². The minimum absolute atomic E-state index is 0.621. The van der Waals surface area contributed by atoms with Crippen molar-refractivity contribution >= 4 is 23.1 Å². The van der Waals surface area contributed by atoms with Crippen molar-refractivity contribution in [3.05, 3.63) is 10.0 Å². The van der Waals surface area contributed by atoms with Crippen molar-refractivity contribution < 1.29 is 0 Å². The summed E-state index contributed by atoms with van der Waals surface area (Å²) in [5.74, 6) is 0. The predicted octanol–water partition coefficient (Wildman–Crippen LogP) is 2.55. The quantitative estimate of drug-likeness (QED) is 0.873. The fourth-order valence-corrected chi connectivity index (χ4v) is 3.06. The molecule has 2 heterocycles. The third-order valence-electron chi connectivity index (χ3n) is 3.31. The second-order valence-corrected chi connectivity index (χ2v) is 6.23. The van der Waals surface area contributed by atoms with E-state index in [2.05, 4.69) is 26.7 Å². The van der Waals surface area contributed by atoms with Crippen LogP contribution in [0.4, 0.5) is 0 Å². The van der Waals surface area contributed by atoms with Crippen LogP contribution >= 0.6 is 23.1 Å². The van der Waals surface area contributed by atoms with Crippen molar-refractivity contribution in [2.24, 2.45) is 0 Å². The van der Waals surface area contributed by atoms with E-state index in [9.17, 15) is 0 Å². The van der Waals surface area contributed by atoms with Gasteiger partial charge in [0.05, 0.1) is 0 Å². The summed E-state index contributed by atoms with van der Waals surface area (Å²) in [4.78, 5) is 2.44. The Hall–Kier alpha value is -0.230. The number of hydrogen-bond donors (Lipinski definition) is 1. The number of nitrogens with zero attached hydrogens (tertiary/aromatic N) is 3. The first-order valence-electron chi connectivity index (χ1n) is 6.72. The summed E-state index contributed by atoms with van der Waals surface area (Å²) in [6.45, 7) is 6.36. The number of piperidine rings is 1. The SMILES string of the molecule is CCCN(Cc1nnsc1Cl)CC1CCCCN1. The van der Waals surface area contributed by atoms with Crippen LogP contribution in [0.15, 0.2) is 0 Å². The van der Waals surface area contributed by atoms with Crippen LogP contribution in [0, 0.1) is 0 Å². The zero-order valence-electron chi connectivity index (χ0n) is 10.9. The first kappa shape index (κ1) is 14.2. The minimum atomic E-state index is 0.621. The van der Waals surface area contributed by atoms with Crippen LogP contribution in [0.1, 0.15) is 38.3 Å². The Morgan fingerprint density at radius 2 is 2.39 bits per heavy atom. The zero-order valence-corrected chi connectivity index (χ0v) is 12.4. The normalized spacial score (nSPS) is 20.5. The summed E-state index contributed by atoms with van der Waals surface area (Å²) in [7, 11) is 0. The Morgan fingerprint density at radius 1 is 1.50 bits per heavy atom. The maximum absolute atomic E-state index is 6.08. The maximum Gasteiger partial charge on any atom is 0.138 e. The molecule has 1 aliphatic rings. The lowest BCUT2D eigenvalue weighted by Crippen LogP contribution is -2.43. The Labute approximate surface area is 118 Å². The topological polar surface area (TPSA) is 41.1 Å². The first-order valence-corrected chi connectivity index (χ1v) is 7.87. The molecule has 1 aliphatic heterocycles. The van der Waals surface area contributed by atoms with Gasteiger partial charge in [0.1, 0.15) is 10.0 Å². The van der Waals surface area contributed by atoms with Crippen molar-refractivity contribution in [2.75, 3.05) is 19.6 Å². The maximum atomic E-state index is 6.08. The fraction of sp³-hybridized carbons (Fsp3) is 0.833. The molecule has 0 saturated carbocycles. The van der Waals surface area contributed by atoms with Crippen molar-refractivity contribution in [3.63, 3.8) is 0 Å². The van der Waals surface area contributed by atoms with Crippen molar-refractivity contribution in [1.29, 1.82) is 0 Å². The highest BCUT2D eigenvalue weighted by molar-refractivity contribution is 7.10. The average Bonchev–Trinajstić information content (AvgIpc) is 2.77. The van der Waals surface area contributed by atoms with Crippen LogP contribution in [0.25, 0.3) is 0 Å². The Morgan fingerprint density at radius 3 is 3.00 bits per heavy atom. The van der Waals surface area contributed by atoms with Gasteiger partial charge in [-0.15, -0.1) is 5.10 Å². The highest BCUT2D eigenvalue weighted by Gasteiger charge is 2.18. The average molecular weight is 289 g/mol. The molecule has 6 heteroatoms. The van der Waals surface area contributed by atoms with Crippen LogP contribution < -0.4 is 5.32 Å². The molecule has 1 fully saturated rings. The van der Waals surface area contributed by atoms with E-state index in [0.29, 0.717) is 6.04 Å². The molecule has 18 heavy (non-hydrogen) atoms. The number of nitrogens with one attached hydrogen (secondary N) is 1. The molecular weight excluding hydrogens is 268 g/mol. The van der Waals surface area contributed by atoms with Crippen LogP contribution in [-0.2, 0) is 6.54 Å². The van der Waals surface area contributed by atoms with Crippen molar-refractivity contribution in [1.82, 2.24) is 19.8 Å². The molecule has 4 nitrogen and oxygen atoms in total. The first-order chi connectivity index (χ1) is 8.79. The third kappa shape index (κ3) is 4.16. The fourth-order valence-electron chi connectivity index (χ4n) is 2.45. The van der Waals surface area contributed by atoms with Gasteiger partial charge in [0, 0.05) is 30.7 Å². The molecule has 0 bridgehead atoms. The van der Waals surface area contributed by atoms with Gasteiger partial charge in [-0.05, 0) is 32.4 Å². The van der Waals surface area contributed by atoms with Gasteiger partial charge in [-0.1, -0.05) is 29.4 Å². The molecule has 1 saturated heterocycles. The van der Waals surface area contributed by atoms with E-state index < -0.39 is 0 Å². The van der Waals surface area contributed by atoms with E-state index in [1.54, 1.807) is 0 Å². The lowest BCUT2D eigenvalue weighted by atomic mass is 10.0. The molecule has 1 atom stereocenters. The molecule has 1 aromatic heterocycles. The van der Waals surface area contributed by atoms with Crippen molar-refractivity contribution in [3.8, 4) is 0 Å². The summed E-state index contributed by atoms with van der Waals surface area (Å²) in [6.07, 6.45) is 5.09. The summed E-state index contributed by atoms with van der Waals surface area (Å²) in [5.41, 5.74) is 0.922. The number of hydrogen-bond acceptors (Lipinski definition) is 5. The van der Waals surface area contributed by atoms with Crippen LogP contribution in [0.5, 0.6) is 0 Å². The molecule has 0 spiro atoms. The van der Waals surface area contributed by atoms with E-state index in [0.717, 1.165) is 42.6 Å². The van der Waals surface area contributed by atoms with Gasteiger partial charge in [0.25, 0.3) is 0 Å². The van der Waals surface area contributed by atoms with E-state index in [-0.39, 0.29) is 0 Å². The molecule has 1 unspecified atom stereocenters. The third-order valence-corrected chi connectivity index (χ3v) is 4.30. The standard InChI is InChI=1S/C12H21ClN4S/c1-2-7-17(8-10-5-3-4-6-14-10)9-11-12(13)18-16-15-11/h10,14H,2-9H2,1H3. The van der Waals surface area contributed by atoms with Gasteiger partial charge in [-0.3, -0.25) is 4.90 Å². The Kier molecular flexibility index (Phi) is 5.82. The predicted molar refractivity (Wildman–Crippen MR) is 76.1 cm³/mol. The van der Waals surface area contributed by atoms with Gasteiger partial charge in [0.2, 0.25) is 0 Å². The zero-order chi connectivity index (χ0) is 12.8. The molecule has 102 valence electrons. The summed E-state index contributed by atoms with van der Waals surface area (Å²) in [5, 5.41) is 7.70. The molecular formula is C12H21ClN4S. The van der Waals surface area contributed by atoms with Crippen molar-refractivity contribution in [2.45, 2.75) is 45.2 Å². The second-order valence-electron chi connectivity index (χ2n) is 4.88. The van der Waals surface area contributed by atoms with Gasteiger partial charge in [0.15, 0.2) is 0 Å². The molecule has 1 aromatic rings. The van der Waals surface area contributed by atoms with E-state index in [1.807, 2.05) is 0 Å². The Bertz CT molecular complexity index is 352. The van der Waals surface area contributed by atoms with Gasteiger partial charge < -0.3 is 5.32 Å². The molecule has 0 aliphatic carbocycles. The highest BCUT2D eigenvalue weighted by atomic mass is 35.5. The molecule has 0 amide bonds. The van der Waals surface area contributed by atoms with Gasteiger partial charge in [-0.25, -0.2) is 0 Å². The minimum Gasteiger partial charge on any atom is -0.313 e. The number of halogens is 1. The van der Waals surface area contributed by atoms with Crippen LogP contribution in [0.3, 0.4) is 0 Å². The second kappa shape index (κ2) is 7.38. The van der Waals surface area contributed by atoms with Crippen LogP contribution in [0.2, 0.25) is 4.34 Å². The summed E-state index contributed by atoms with van der Waals surface area (Å²) in [6, 6.07) is 0.621. The van der Waals surface area contributed by atoms with Crippen LogP contribution in [-0.4, -0.2) is 40.2 Å². The van der Waals surface area contributed by atoms with E-state index >= 15 is 0 Å². The largest absolute Gasteiger partial charge is 0.313 e.